The molecule has 0 atom stereocenters. The maximum atomic E-state index is 11.5. The van der Waals surface area contributed by atoms with Crippen molar-refractivity contribution in [3.8, 4) is 0 Å². The average molecular weight is 1060 g/mol. The van der Waals surface area contributed by atoms with E-state index in [0.29, 0.717) is 47.7 Å². The lowest BCUT2D eigenvalue weighted by Gasteiger charge is -2.18. The highest BCUT2D eigenvalue weighted by Crippen LogP contribution is 2.41. The van der Waals surface area contributed by atoms with Crippen LogP contribution in [0.1, 0.15) is 83.0 Å². The SMILES string of the molecule is COC(=O)CCS.COC(=O)CCSc1nc(Nc2c3c(cc4c2CCC4)CCC3)n(COCC[Si](C)(C)C)n1.C[Si](C)(C)CCOCn1nc(Br)nc1Nc1c2c(cc3c1CCC3)CCC2. The van der Waals surface area contributed by atoms with Gasteiger partial charge in [0.25, 0.3) is 0 Å². The van der Waals surface area contributed by atoms with Crippen LogP contribution >= 0.6 is 40.3 Å². The number of esters is 2. The molecule has 0 unspecified atom stereocenters. The second-order valence-corrected chi connectivity index (χ2v) is 33.5. The van der Waals surface area contributed by atoms with Crippen LogP contribution in [0.2, 0.25) is 51.4 Å². The third-order valence-electron chi connectivity index (χ3n) is 12.4. The number of nitrogens with one attached hydrogen (secondary N) is 2. The summed E-state index contributed by atoms with van der Waals surface area (Å²) in [5.41, 5.74) is 14.4. The van der Waals surface area contributed by atoms with Crippen molar-refractivity contribution in [3.05, 3.63) is 61.4 Å². The van der Waals surface area contributed by atoms with Gasteiger partial charge in [0.15, 0.2) is 0 Å². The van der Waals surface area contributed by atoms with Gasteiger partial charge in [0.1, 0.15) is 13.5 Å². The summed E-state index contributed by atoms with van der Waals surface area (Å²) in [4.78, 5) is 31.0. The van der Waals surface area contributed by atoms with Crippen molar-refractivity contribution < 1.29 is 28.5 Å². The number of hydrogen-bond donors (Lipinski definition) is 3. The highest BCUT2D eigenvalue weighted by molar-refractivity contribution is 9.10. The number of methoxy groups -OCH3 is 2. The number of aromatic nitrogens is 6. The van der Waals surface area contributed by atoms with Crippen molar-refractivity contribution in [3.63, 3.8) is 0 Å². The van der Waals surface area contributed by atoms with E-state index in [-0.39, 0.29) is 11.9 Å². The predicted octanol–water partition coefficient (Wildman–Crippen LogP) is 10.5. The van der Waals surface area contributed by atoms with Crippen LogP contribution < -0.4 is 10.6 Å². The van der Waals surface area contributed by atoms with Crippen LogP contribution in [0.25, 0.3) is 0 Å². The van der Waals surface area contributed by atoms with Gasteiger partial charge in [0.2, 0.25) is 21.8 Å². The smallest absolute Gasteiger partial charge is 0.306 e. The molecule has 4 aliphatic carbocycles. The van der Waals surface area contributed by atoms with Crippen LogP contribution in [-0.4, -0.2) is 96.6 Å². The largest absolute Gasteiger partial charge is 0.469 e. The second-order valence-electron chi connectivity index (χ2n) is 20.1. The number of carbonyl (C=O) groups is 2. The minimum atomic E-state index is -1.15. The van der Waals surface area contributed by atoms with E-state index in [1.165, 1.54) is 133 Å². The fourth-order valence-electron chi connectivity index (χ4n) is 8.80. The molecule has 4 aromatic rings. The summed E-state index contributed by atoms with van der Waals surface area (Å²) >= 11 is 8.71. The molecule has 2 aromatic carbocycles. The molecule has 0 saturated carbocycles. The molecule has 0 spiro atoms. The summed E-state index contributed by atoms with van der Waals surface area (Å²) < 4.78 is 25.2. The third kappa shape index (κ3) is 15.6. The van der Waals surface area contributed by atoms with E-state index in [1.807, 2.05) is 9.36 Å². The van der Waals surface area contributed by atoms with Gasteiger partial charge < -0.3 is 29.6 Å². The number of benzene rings is 2. The number of thioether (sulfide) groups is 1. The first kappa shape index (κ1) is 53.2. The molecule has 2 aromatic heterocycles. The van der Waals surface area contributed by atoms with Crippen LogP contribution in [0.4, 0.5) is 23.3 Å². The van der Waals surface area contributed by atoms with Crippen LogP contribution in [0, 0.1) is 0 Å². The number of ether oxygens (including phenoxy) is 4. The number of nitrogens with zero attached hydrogens (tertiary/aromatic N) is 6. The zero-order valence-corrected chi connectivity index (χ0v) is 46.4. The van der Waals surface area contributed by atoms with Gasteiger partial charge in [-0.3, -0.25) is 9.59 Å². The standard InChI is InChI=1S/C24H36N4O3SSi.C20H29BrN4OSi.C4H8O2S/c1-30-21(29)11-13-32-24-26-23(28(27-24)16-31-12-14-33(2,3)4)25-22-19-9-5-7-17(19)15-18-8-6-10-20(18)22;1-27(2,3)11-10-26-13-25-20(23-19(21)24-25)22-18-16-8-4-6-14(16)12-15-7-5-9-17(15)18;1-6-4(5)2-3-7/h15H,5-14,16H2,1-4H3,(H,25,26,27);12H,4-11,13H2,1-3H3,(H,22,23,24);7H,2-3H2,1H3. The fourth-order valence-corrected chi connectivity index (χ4v) is 11.6. The quantitative estimate of drug-likeness (QED) is 0.0253. The molecule has 19 heteroatoms. The Morgan fingerprint density at radius 1 is 0.657 bits per heavy atom. The van der Waals surface area contributed by atoms with Crippen LogP contribution in [0.15, 0.2) is 22.0 Å². The van der Waals surface area contributed by atoms with Crippen molar-refractivity contribution >= 4 is 91.7 Å². The molecule has 0 fully saturated rings. The topological polar surface area (TPSA) is 157 Å². The van der Waals surface area contributed by atoms with Crippen molar-refractivity contribution in [2.75, 3.05) is 49.6 Å². The number of fused-ring (bicyclic) bond motifs is 4. The van der Waals surface area contributed by atoms with Gasteiger partial charge in [0.05, 0.1) is 27.1 Å². The normalized spacial score (nSPS) is 14.6. The third-order valence-corrected chi connectivity index (χ3v) is 17.3. The first-order valence-corrected chi connectivity index (χ1v) is 33.8. The second kappa shape index (κ2) is 25.1. The Kier molecular flexibility index (Phi) is 19.9. The molecule has 368 valence electrons. The number of hydrogen-bond acceptors (Lipinski definition) is 14. The van der Waals surface area contributed by atoms with E-state index < -0.39 is 16.1 Å². The monoisotopic (exact) mass is 1060 g/mol. The lowest BCUT2D eigenvalue weighted by molar-refractivity contribution is -0.140. The summed E-state index contributed by atoms with van der Waals surface area (Å²) in [5.74, 6) is 2.22. The number of halogens is 1. The van der Waals surface area contributed by atoms with E-state index in [1.54, 1.807) is 0 Å². The highest BCUT2D eigenvalue weighted by atomic mass is 79.9. The van der Waals surface area contributed by atoms with E-state index in [0.717, 1.165) is 62.9 Å². The zero-order valence-electron chi connectivity index (χ0n) is 41.1. The highest BCUT2D eigenvalue weighted by Gasteiger charge is 2.27. The predicted molar refractivity (Wildman–Crippen MR) is 281 cm³/mol. The lowest BCUT2D eigenvalue weighted by atomic mass is 9.99. The first-order valence-electron chi connectivity index (χ1n) is 24.0. The molecule has 67 heavy (non-hydrogen) atoms. The molecule has 0 aliphatic heterocycles. The summed E-state index contributed by atoms with van der Waals surface area (Å²) in [6.45, 7) is 16.5. The Morgan fingerprint density at radius 2 is 1.07 bits per heavy atom. The molecule has 2 heterocycles. The Morgan fingerprint density at radius 3 is 1.48 bits per heavy atom. The molecule has 0 radical (unpaired) electrons. The summed E-state index contributed by atoms with van der Waals surface area (Å²) in [6, 6.07) is 7.17. The molecule has 0 saturated heterocycles. The molecule has 8 rings (SSSR count). The van der Waals surface area contributed by atoms with Crippen LogP contribution in [-0.2, 0) is 93.4 Å². The number of anilines is 4. The molecule has 0 amide bonds. The van der Waals surface area contributed by atoms with E-state index >= 15 is 0 Å². The van der Waals surface area contributed by atoms with Gasteiger partial charge in [-0.2, -0.15) is 22.6 Å². The first-order chi connectivity index (χ1) is 32.0. The molecule has 14 nitrogen and oxygen atoms in total. The summed E-state index contributed by atoms with van der Waals surface area (Å²) in [6.07, 6.45) is 15.0. The van der Waals surface area contributed by atoms with Crippen molar-refractivity contribution in [2.24, 2.45) is 0 Å². The van der Waals surface area contributed by atoms with Gasteiger partial charge in [-0.15, -0.1) is 10.2 Å². The molecule has 4 aliphatic rings. The Bertz CT molecular complexity index is 2250. The van der Waals surface area contributed by atoms with Gasteiger partial charge >= 0.3 is 11.9 Å². The zero-order chi connectivity index (χ0) is 48.1. The number of rotatable bonds is 20. The van der Waals surface area contributed by atoms with Gasteiger partial charge in [-0.25, -0.2) is 9.36 Å². The van der Waals surface area contributed by atoms with Gasteiger partial charge in [-0.1, -0.05) is 63.2 Å². The Labute approximate surface area is 418 Å². The van der Waals surface area contributed by atoms with E-state index in [9.17, 15) is 9.59 Å². The van der Waals surface area contributed by atoms with Gasteiger partial charge in [-0.05, 0) is 150 Å². The number of aryl methyl sites for hydroxylation is 4. The van der Waals surface area contributed by atoms with Crippen molar-refractivity contribution in [1.29, 1.82) is 0 Å². The van der Waals surface area contributed by atoms with Crippen molar-refractivity contribution in [2.45, 2.75) is 160 Å². The fraction of sp³-hybridized carbons (Fsp3) is 0.625. The maximum absolute atomic E-state index is 11.5. The molecular formula is C48H73BrN8O6S2Si2. The Hall–Kier alpha value is -3.21. The molecule has 2 N–H and O–H groups in total. The number of carbonyl (C=O) groups excluding carboxylic acids is 2. The summed E-state index contributed by atoms with van der Waals surface area (Å²) in [5, 5.41) is 17.1. The van der Waals surface area contributed by atoms with E-state index in [2.05, 4.69) is 105 Å². The maximum Gasteiger partial charge on any atom is 0.306 e. The average Bonchev–Trinajstić information content (AvgIpc) is 4.15. The number of thiol groups is 1. The van der Waals surface area contributed by atoms with Crippen molar-refractivity contribution in [1.82, 2.24) is 29.5 Å². The van der Waals surface area contributed by atoms with E-state index in [4.69, 9.17) is 24.3 Å². The minimum absolute atomic E-state index is 0.199. The molecular weight excluding hydrogens is 985 g/mol. The minimum Gasteiger partial charge on any atom is -0.469 e. The summed E-state index contributed by atoms with van der Waals surface area (Å²) in [7, 11) is 0.542. The van der Waals surface area contributed by atoms with Crippen LogP contribution in [0.5, 0.6) is 0 Å². The Balaban J connectivity index is 0.000000196. The van der Waals surface area contributed by atoms with Gasteiger partial charge in [0, 0.05) is 52.2 Å². The molecule has 0 bridgehead atoms. The lowest BCUT2D eigenvalue weighted by Crippen LogP contribution is -2.22. The van der Waals surface area contributed by atoms with Crippen LogP contribution in [0.3, 0.4) is 0 Å².